The lowest BCUT2D eigenvalue weighted by Gasteiger charge is -2.18. The van der Waals surface area contributed by atoms with Crippen molar-refractivity contribution in [1.29, 1.82) is 0 Å². The molecule has 1 fully saturated rings. The Hall–Kier alpha value is -3.21. The number of benzene rings is 2. The Balaban J connectivity index is 1.39. The Labute approximate surface area is 158 Å². The van der Waals surface area contributed by atoms with Crippen LogP contribution in [-0.2, 0) is 22.6 Å². The van der Waals surface area contributed by atoms with Crippen LogP contribution in [0.15, 0.2) is 67.0 Å². The first-order chi connectivity index (χ1) is 13.2. The third-order valence-corrected chi connectivity index (χ3v) is 4.91. The molecule has 136 valence electrons. The Morgan fingerprint density at radius 2 is 1.96 bits per heavy atom. The van der Waals surface area contributed by atoms with Crippen molar-refractivity contribution in [2.75, 3.05) is 6.54 Å². The molecule has 1 N–H and O–H groups in total. The van der Waals surface area contributed by atoms with E-state index in [-0.39, 0.29) is 24.3 Å². The molecule has 0 aliphatic carbocycles. The maximum absolute atomic E-state index is 12.4. The highest BCUT2D eigenvalue weighted by Gasteiger charge is 2.30. The monoisotopic (exact) mass is 359 g/mol. The summed E-state index contributed by atoms with van der Waals surface area (Å²) in [5.74, 6) is 0.00224. The second-order valence-electron chi connectivity index (χ2n) is 6.92. The molecule has 5 nitrogen and oxygen atoms in total. The number of amides is 2. The van der Waals surface area contributed by atoms with Gasteiger partial charge in [0.25, 0.3) is 0 Å². The first-order valence-electron chi connectivity index (χ1n) is 9.12. The predicted molar refractivity (Wildman–Crippen MR) is 104 cm³/mol. The standard InChI is InChI=1S/C22H21N3O2/c26-21(11-16-5-4-10-23-13-16)24-19-12-22(27)25(15-19)14-18-8-3-7-17-6-1-2-9-20(17)18/h1-10,13,19H,11-12,14-15H2,(H,24,26). The van der Waals surface area contributed by atoms with Gasteiger partial charge in [-0.3, -0.25) is 14.6 Å². The van der Waals surface area contributed by atoms with Crippen molar-refractivity contribution in [3.05, 3.63) is 78.1 Å². The Bertz CT molecular complexity index is 966. The smallest absolute Gasteiger partial charge is 0.225 e. The molecule has 3 aromatic rings. The summed E-state index contributed by atoms with van der Waals surface area (Å²) in [6.45, 7) is 1.11. The van der Waals surface area contributed by atoms with Crippen LogP contribution in [0.5, 0.6) is 0 Å². The zero-order valence-electron chi connectivity index (χ0n) is 15.0. The van der Waals surface area contributed by atoms with Crippen molar-refractivity contribution in [3.63, 3.8) is 0 Å². The van der Waals surface area contributed by atoms with E-state index in [1.165, 1.54) is 5.39 Å². The lowest BCUT2D eigenvalue weighted by atomic mass is 10.0. The largest absolute Gasteiger partial charge is 0.351 e. The van der Waals surface area contributed by atoms with E-state index >= 15 is 0 Å². The molecule has 1 aromatic heterocycles. The number of carbonyl (C=O) groups excluding carboxylic acids is 2. The Morgan fingerprint density at radius 3 is 2.81 bits per heavy atom. The highest BCUT2D eigenvalue weighted by molar-refractivity contribution is 5.87. The van der Waals surface area contributed by atoms with E-state index in [9.17, 15) is 9.59 Å². The van der Waals surface area contributed by atoms with Crippen LogP contribution in [0.3, 0.4) is 0 Å². The summed E-state index contributed by atoms with van der Waals surface area (Å²) in [4.78, 5) is 30.5. The Kier molecular flexibility index (Phi) is 4.83. The number of fused-ring (bicyclic) bond motifs is 1. The number of rotatable bonds is 5. The molecule has 27 heavy (non-hydrogen) atoms. The van der Waals surface area contributed by atoms with Gasteiger partial charge in [-0.15, -0.1) is 0 Å². The summed E-state index contributed by atoms with van der Waals surface area (Å²) in [6.07, 6.45) is 4.00. The fraction of sp³-hybridized carbons (Fsp3) is 0.227. The van der Waals surface area contributed by atoms with Crippen molar-refractivity contribution < 1.29 is 9.59 Å². The quantitative estimate of drug-likeness (QED) is 0.762. The van der Waals surface area contributed by atoms with Crippen LogP contribution in [0.25, 0.3) is 10.8 Å². The fourth-order valence-corrected chi connectivity index (χ4v) is 3.62. The second kappa shape index (κ2) is 7.58. The summed E-state index contributed by atoms with van der Waals surface area (Å²) in [5.41, 5.74) is 2.00. The van der Waals surface area contributed by atoms with Gasteiger partial charge in [0.15, 0.2) is 0 Å². The van der Waals surface area contributed by atoms with Crippen molar-refractivity contribution in [2.45, 2.75) is 25.4 Å². The molecule has 2 aromatic carbocycles. The Morgan fingerprint density at radius 1 is 1.11 bits per heavy atom. The molecule has 0 spiro atoms. The van der Waals surface area contributed by atoms with Crippen LogP contribution < -0.4 is 5.32 Å². The minimum atomic E-state index is -0.142. The predicted octanol–water partition coefficient (Wildman–Crippen LogP) is 2.69. The molecule has 1 aliphatic rings. The van der Waals surface area contributed by atoms with Crippen molar-refractivity contribution in [1.82, 2.24) is 15.2 Å². The molecule has 0 radical (unpaired) electrons. The topological polar surface area (TPSA) is 62.3 Å². The van der Waals surface area contributed by atoms with Crippen LogP contribution in [-0.4, -0.2) is 34.3 Å². The molecule has 2 amide bonds. The minimum absolute atomic E-state index is 0.0761. The van der Waals surface area contributed by atoms with Crippen molar-refractivity contribution in [2.24, 2.45) is 0 Å². The van der Waals surface area contributed by atoms with Gasteiger partial charge in [-0.05, 0) is 28.0 Å². The van der Waals surface area contributed by atoms with Crippen LogP contribution >= 0.6 is 0 Å². The van der Waals surface area contributed by atoms with Crippen LogP contribution in [0.2, 0.25) is 0 Å². The summed E-state index contributed by atoms with van der Waals surface area (Å²) in [6, 6.07) is 17.9. The van der Waals surface area contributed by atoms with Crippen LogP contribution in [0.1, 0.15) is 17.5 Å². The van der Waals surface area contributed by atoms with E-state index < -0.39 is 0 Å². The van der Waals surface area contributed by atoms with Gasteiger partial charge in [0.2, 0.25) is 11.8 Å². The van der Waals surface area contributed by atoms with E-state index in [1.54, 1.807) is 12.4 Å². The average molecular weight is 359 g/mol. The van der Waals surface area contributed by atoms with Gasteiger partial charge in [0.1, 0.15) is 0 Å². The lowest BCUT2D eigenvalue weighted by molar-refractivity contribution is -0.128. The zero-order chi connectivity index (χ0) is 18.6. The van der Waals surface area contributed by atoms with Gasteiger partial charge in [0, 0.05) is 31.9 Å². The van der Waals surface area contributed by atoms with E-state index in [2.05, 4.69) is 34.6 Å². The van der Waals surface area contributed by atoms with Gasteiger partial charge in [-0.2, -0.15) is 0 Å². The molecule has 5 heteroatoms. The molecular weight excluding hydrogens is 338 g/mol. The molecule has 1 saturated heterocycles. The number of pyridine rings is 1. The number of carbonyl (C=O) groups is 2. The van der Waals surface area contributed by atoms with E-state index in [0.29, 0.717) is 19.5 Å². The molecule has 1 aliphatic heterocycles. The highest BCUT2D eigenvalue weighted by atomic mass is 16.2. The van der Waals surface area contributed by atoms with E-state index in [1.807, 2.05) is 35.2 Å². The molecule has 1 unspecified atom stereocenters. The minimum Gasteiger partial charge on any atom is -0.351 e. The number of hydrogen-bond acceptors (Lipinski definition) is 3. The average Bonchev–Trinajstić information content (AvgIpc) is 3.01. The number of likely N-dealkylation sites (tertiary alicyclic amines) is 1. The maximum Gasteiger partial charge on any atom is 0.225 e. The van der Waals surface area contributed by atoms with E-state index in [0.717, 1.165) is 16.5 Å². The van der Waals surface area contributed by atoms with Gasteiger partial charge in [0.05, 0.1) is 12.5 Å². The summed E-state index contributed by atoms with van der Waals surface area (Å²) < 4.78 is 0. The number of hydrogen-bond donors (Lipinski definition) is 1. The van der Waals surface area contributed by atoms with Gasteiger partial charge in [-0.1, -0.05) is 48.5 Å². The van der Waals surface area contributed by atoms with Gasteiger partial charge >= 0.3 is 0 Å². The summed E-state index contributed by atoms with van der Waals surface area (Å²) in [5, 5.41) is 5.31. The first kappa shape index (κ1) is 17.2. The van der Waals surface area contributed by atoms with Crippen molar-refractivity contribution >= 4 is 22.6 Å². The molecule has 0 saturated carbocycles. The normalized spacial score (nSPS) is 16.7. The lowest BCUT2D eigenvalue weighted by Crippen LogP contribution is -2.37. The number of nitrogens with one attached hydrogen (secondary N) is 1. The summed E-state index contributed by atoms with van der Waals surface area (Å²) >= 11 is 0. The van der Waals surface area contributed by atoms with Gasteiger partial charge < -0.3 is 10.2 Å². The second-order valence-corrected chi connectivity index (χ2v) is 6.92. The van der Waals surface area contributed by atoms with Crippen LogP contribution in [0.4, 0.5) is 0 Å². The molecule has 0 bridgehead atoms. The maximum atomic E-state index is 12.4. The summed E-state index contributed by atoms with van der Waals surface area (Å²) in [7, 11) is 0. The van der Waals surface area contributed by atoms with Crippen molar-refractivity contribution in [3.8, 4) is 0 Å². The number of nitrogens with zero attached hydrogens (tertiary/aromatic N) is 2. The highest BCUT2D eigenvalue weighted by Crippen LogP contribution is 2.22. The zero-order valence-corrected chi connectivity index (χ0v) is 15.0. The third kappa shape index (κ3) is 3.97. The number of aromatic nitrogens is 1. The SMILES string of the molecule is O=C(Cc1cccnc1)NC1CC(=O)N(Cc2cccc3ccccc23)C1. The third-order valence-electron chi connectivity index (χ3n) is 4.91. The molecule has 4 rings (SSSR count). The molecule has 1 atom stereocenters. The molecular formula is C22H21N3O2. The van der Waals surface area contributed by atoms with Crippen LogP contribution in [0, 0.1) is 0 Å². The first-order valence-corrected chi connectivity index (χ1v) is 9.12. The van der Waals surface area contributed by atoms with E-state index in [4.69, 9.17) is 0 Å². The van der Waals surface area contributed by atoms with Gasteiger partial charge in [-0.25, -0.2) is 0 Å². The molecule has 2 heterocycles. The fourth-order valence-electron chi connectivity index (χ4n) is 3.62.